The molecule has 0 spiro atoms. The van der Waals surface area contributed by atoms with Crippen LogP contribution < -0.4 is 14.8 Å². The number of nitrogens with one attached hydrogen (secondary N) is 1. The molecule has 1 amide bonds. The van der Waals surface area contributed by atoms with Gasteiger partial charge < -0.3 is 14.8 Å². The summed E-state index contributed by atoms with van der Waals surface area (Å²) >= 11 is 1.40. The SMILES string of the molecule is CCOc1cccc2c1Oc1nc(-c3ccccc3)nc(SCC(=O)Nc3cccc(C)c3C)c1C2. The Labute approximate surface area is 215 Å². The van der Waals surface area contributed by atoms with E-state index in [1.54, 1.807) is 0 Å². The average molecular weight is 498 g/mol. The topological polar surface area (TPSA) is 73.3 Å². The Morgan fingerprint density at radius 3 is 2.64 bits per heavy atom. The number of fused-ring (bicyclic) bond motifs is 2. The minimum atomic E-state index is -0.0851. The van der Waals surface area contributed by atoms with Gasteiger partial charge in [-0.2, -0.15) is 4.98 Å². The summed E-state index contributed by atoms with van der Waals surface area (Å²) in [5, 5.41) is 3.77. The number of aromatic nitrogens is 2. The van der Waals surface area contributed by atoms with Crippen LogP contribution in [0.15, 0.2) is 71.8 Å². The summed E-state index contributed by atoms with van der Waals surface area (Å²) in [7, 11) is 0. The molecule has 0 unspecified atom stereocenters. The summed E-state index contributed by atoms with van der Waals surface area (Å²) in [6.45, 7) is 6.54. The number of aryl methyl sites for hydroxylation is 1. The molecule has 1 aliphatic heterocycles. The number of anilines is 1. The number of ether oxygens (including phenoxy) is 2. The summed E-state index contributed by atoms with van der Waals surface area (Å²) in [5.41, 5.74) is 5.80. The fourth-order valence-electron chi connectivity index (χ4n) is 4.09. The first-order valence-corrected chi connectivity index (χ1v) is 12.9. The first kappa shape index (κ1) is 23.9. The molecule has 0 fully saturated rings. The molecule has 0 radical (unpaired) electrons. The van der Waals surface area contributed by atoms with Crippen LogP contribution in [0.4, 0.5) is 5.69 Å². The van der Waals surface area contributed by atoms with Crippen molar-refractivity contribution < 1.29 is 14.3 Å². The van der Waals surface area contributed by atoms with Crippen molar-refractivity contribution in [3.8, 4) is 28.8 Å². The third kappa shape index (κ3) is 4.93. The summed E-state index contributed by atoms with van der Waals surface area (Å²) in [6.07, 6.45) is 0.599. The van der Waals surface area contributed by atoms with E-state index in [-0.39, 0.29) is 11.7 Å². The Balaban J connectivity index is 1.46. The second-order valence-electron chi connectivity index (χ2n) is 8.54. The fourth-order valence-corrected chi connectivity index (χ4v) is 4.92. The fraction of sp³-hybridized carbons (Fsp3) is 0.207. The first-order chi connectivity index (χ1) is 17.5. The maximum absolute atomic E-state index is 12.9. The van der Waals surface area contributed by atoms with Crippen LogP contribution in [0.5, 0.6) is 17.4 Å². The predicted octanol–water partition coefficient (Wildman–Crippen LogP) is 6.59. The highest BCUT2D eigenvalue weighted by Gasteiger charge is 2.27. The van der Waals surface area contributed by atoms with E-state index in [1.807, 2.05) is 87.5 Å². The Kier molecular flexibility index (Phi) is 6.91. The van der Waals surface area contributed by atoms with Gasteiger partial charge in [-0.3, -0.25) is 4.79 Å². The average Bonchev–Trinajstić information content (AvgIpc) is 2.89. The smallest absolute Gasteiger partial charge is 0.234 e. The van der Waals surface area contributed by atoms with Crippen LogP contribution in [0, 0.1) is 13.8 Å². The van der Waals surface area contributed by atoms with Crippen LogP contribution in [-0.2, 0) is 11.2 Å². The molecule has 0 saturated heterocycles. The van der Waals surface area contributed by atoms with Crippen molar-refractivity contribution in [3.05, 3.63) is 89.0 Å². The van der Waals surface area contributed by atoms with Gasteiger partial charge in [0.25, 0.3) is 0 Å². The van der Waals surface area contributed by atoms with Crippen molar-refractivity contribution >= 4 is 23.4 Å². The number of thioether (sulfide) groups is 1. The highest BCUT2D eigenvalue weighted by atomic mass is 32.2. The normalized spacial score (nSPS) is 11.8. The second kappa shape index (κ2) is 10.4. The number of amides is 1. The number of carbonyl (C=O) groups excluding carboxylic acids is 1. The molecule has 0 saturated carbocycles. The van der Waals surface area contributed by atoms with Gasteiger partial charge in [0.1, 0.15) is 5.03 Å². The lowest BCUT2D eigenvalue weighted by molar-refractivity contribution is -0.113. The Morgan fingerprint density at radius 1 is 1.03 bits per heavy atom. The van der Waals surface area contributed by atoms with Crippen LogP contribution in [0.2, 0.25) is 0 Å². The van der Waals surface area contributed by atoms with Crippen LogP contribution >= 0.6 is 11.8 Å². The van der Waals surface area contributed by atoms with Crippen LogP contribution in [0.1, 0.15) is 29.2 Å². The number of carbonyl (C=O) groups is 1. The maximum atomic E-state index is 12.9. The zero-order valence-corrected chi connectivity index (χ0v) is 21.3. The van der Waals surface area contributed by atoms with Crippen LogP contribution in [0.3, 0.4) is 0 Å². The molecule has 6 nitrogen and oxygen atoms in total. The van der Waals surface area contributed by atoms with Crippen molar-refractivity contribution in [2.75, 3.05) is 17.7 Å². The molecule has 3 aromatic carbocycles. The van der Waals surface area contributed by atoms with E-state index >= 15 is 0 Å². The van der Waals surface area contributed by atoms with Gasteiger partial charge in [-0.05, 0) is 44.0 Å². The van der Waals surface area contributed by atoms with Crippen molar-refractivity contribution in [1.29, 1.82) is 0 Å². The van der Waals surface area contributed by atoms with E-state index in [0.29, 0.717) is 36.2 Å². The van der Waals surface area contributed by atoms with Gasteiger partial charge in [0.2, 0.25) is 11.8 Å². The van der Waals surface area contributed by atoms with E-state index < -0.39 is 0 Å². The monoisotopic (exact) mass is 497 g/mol. The van der Waals surface area contributed by atoms with Crippen molar-refractivity contribution in [2.24, 2.45) is 0 Å². The standard InChI is InChI=1S/C29H27N3O3S/c1-4-34-24-15-9-13-21-16-22-28(35-26(21)24)31-27(20-11-6-5-7-12-20)32-29(22)36-17-25(33)30-23-14-8-10-18(2)19(23)3/h5-15H,4,16-17H2,1-3H3,(H,30,33). The summed E-state index contributed by atoms with van der Waals surface area (Å²) in [4.78, 5) is 22.5. The minimum Gasteiger partial charge on any atom is -0.490 e. The largest absolute Gasteiger partial charge is 0.490 e. The summed E-state index contributed by atoms with van der Waals surface area (Å²) in [6, 6.07) is 21.6. The lowest BCUT2D eigenvalue weighted by atomic mass is 10.0. The zero-order chi connectivity index (χ0) is 25.1. The summed E-state index contributed by atoms with van der Waals surface area (Å²) < 4.78 is 12.1. The van der Waals surface area contributed by atoms with Gasteiger partial charge in [-0.25, -0.2) is 4.98 Å². The number of nitrogens with zero attached hydrogens (tertiary/aromatic N) is 2. The van der Waals surface area contributed by atoms with Gasteiger partial charge in [0.05, 0.1) is 17.9 Å². The lowest BCUT2D eigenvalue weighted by Gasteiger charge is -2.23. The number of benzene rings is 3. The van der Waals surface area contributed by atoms with Gasteiger partial charge in [0.15, 0.2) is 17.3 Å². The quantitative estimate of drug-likeness (QED) is 0.202. The molecule has 1 N–H and O–H groups in total. The van der Waals surface area contributed by atoms with Crippen molar-refractivity contribution in [1.82, 2.24) is 9.97 Å². The first-order valence-electron chi connectivity index (χ1n) is 11.9. The van der Waals surface area contributed by atoms with E-state index in [9.17, 15) is 4.79 Å². The maximum Gasteiger partial charge on any atom is 0.234 e. The lowest BCUT2D eigenvalue weighted by Crippen LogP contribution is -2.16. The Morgan fingerprint density at radius 2 is 1.83 bits per heavy atom. The third-order valence-corrected chi connectivity index (χ3v) is 7.13. The van der Waals surface area contributed by atoms with Gasteiger partial charge >= 0.3 is 0 Å². The molecule has 182 valence electrons. The second-order valence-corrected chi connectivity index (χ2v) is 9.51. The van der Waals surface area contributed by atoms with E-state index in [4.69, 9.17) is 19.4 Å². The molecular weight excluding hydrogens is 470 g/mol. The van der Waals surface area contributed by atoms with Crippen molar-refractivity contribution in [2.45, 2.75) is 32.2 Å². The highest BCUT2D eigenvalue weighted by Crippen LogP contribution is 2.44. The van der Waals surface area contributed by atoms with Crippen LogP contribution in [-0.4, -0.2) is 28.2 Å². The van der Waals surface area contributed by atoms with Gasteiger partial charge in [-0.1, -0.05) is 66.4 Å². The molecule has 1 aliphatic rings. The molecule has 7 heteroatoms. The molecule has 2 heterocycles. The van der Waals surface area contributed by atoms with E-state index in [1.165, 1.54) is 11.8 Å². The molecule has 0 bridgehead atoms. The zero-order valence-electron chi connectivity index (χ0n) is 20.5. The predicted molar refractivity (Wildman–Crippen MR) is 143 cm³/mol. The summed E-state index contributed by atoms with van der Waals surface area (Å²) in [5.74, 6) is 2.58. The highest BCUT2D eigenvalue weighted by molar-refractivity contribution is 8.00. The molecule has 4 aromatic rings. The third-order valence-electron chi connectivity index (χ3n) is 6.11. The van der Waals surface area contributed by atoms with Gasteiger partial charge in [0, 0.05) is 23.2 Å². The number of hydrogen-bond donors (Lipinski definition) is 1. The Hall–Kier alpha value is -3.84. The molecule has 1 aromatic heterocycles. The van der Waals surface area contributed by atoms with Crippen LogP contribution in [0.25, 0.3) is 11.4 Å². The molecular formula is C29H27N3O3S. The molecule has 5 rings (SSSR count). The number of rotatable bonds is 7. The Bertz CT molecular complexity index is 1420. The molecule has 0 atom stereocenters. The van der Waals surface area contributed by atoms with Gasteiger partial charge in [-0.15, -0.1) is 0 Å². The van der Waals surface area contributed by atoms with Crippen molar-refractivity contribution in [3.63, 3.8) is 0 Å². The number of hydrogen-bond acceptors (Lipinski definition) is 6. The van der Waals surface area contributed by atoms with E-state index in [0.717, 1.165) is 38.5 Å². The van der Waals surface area contributed by atoms with E-state index in [2.05, 4.69) is 5.32 Å². The number of para-hydroxylation sites is 1. The minimum absolute atomic E-state index is 0.0851. The molecule has 36 heavy (non-hydrogen) atoms. The molecule has 0 aliphatic carbocycles.